The number of nitrogens with one attached hydrogen (secondary N) is 2. The van der Waals surface area contributed by atoms with Gasteiger partial charge in [-0.05, 0) is 47.5 Å². The average molecular weight is 439 g/mol. The molecule has 7 nitrogen and oxygen atoms in total. The second-order valence-corrected chi connectivity index (χ2v) is 8.39. The lowest BCUT2D eigenvalue weighted by molar-refractivity contribution is 0.0928. The SMILES string of the molecule is C#CCNS(=O)(=O)c1ccc(C(=O)NCc2cccc(COCc3ccco3)c2)cc1. The summed E-state index contributed by atoms with van der Waals surface area (Å²) in [4.78, 5) is 12.4. The molecule has 2 N–H and O–H groups in total. The Morgan fingerprint density at radius 2 is 1.81 bits per heavy atom. The van der Waals surface area contributed by atoms with Crippen molar-refractivity contribution in [3.05, 3.63) is 89.4 Å². The maximum Gasteiger partial charge on any atom is 0.251 e. The third kappa shape index (κ3) is 6.55. The van der Waals surface area contributed by atoms with E-state index >= 15 is 0 Å². The number of terminal acetylenes is 1. The lowest BCUT2D eigenvalue weighted by Crippen LogP contribution is -2.25. The first-order valence-corrected chi connectivity index (χ1v) is 11.0. The first-order valence-electron chi connectivity index (χ1n) is 9.47. The third-order valence-corrected chi connectivity index (χ3v) is 5.75. The highest BCUT2D eigenvalue weighted by Gasteiger charge is 2.14. The molecule has 0 saturated heterocycles. The number of carbonyl (C=O) groups is 1. The van der Waals surface area contributed by atoms with Crippen molar-refractivity contribution in [2.45, 2.75) is 24.7 Å². The highest BCUT2D eigenvalue weighted by atomic mass is 32.2. The highest BCUT2D eigenvalue weighted by Crippen LogP contribution is 2.12. The molecular formula is C23H22N2O5S. The number of carbonyl (C=O) groups excluding carboxylic acids is 1. The van der Waals surface area contributed by atoms with Crippen molar-refractivity contribution in [2.24, 2.45) is 0 Å². The summed E-state index contributed by atoms with van der Waals surface area (Å²) in [5, 5.41) is 2.83. The summed E-state index contributed by atoms with van der Waals surface area (Å²) in [5.41, 5.74) is 2.26. The van der Waals surface area contributed by atoms with Crippen LogP contribution in [0, 0.1) is 12.3 Å². The molecule has 0 fully saturated rings. The molecule has 3 rings (SSSR count). The van der Waals surface area contributed by atoms with Gasteiger partial charge in [-0.3, -0.25) is 4.79 Å². The van der Waals surface area contributed by atoms with Crippen molar-refractivity contribution < 1.29 is 22.4 Å². The number of ether oxygens (including phenoxy) is 1. The van der Waals surface area contributed by atoms with Crippen LogP contribution in [-0.2, 0) is 34.5 Å². The van der Waals surface area contributed by atoms with E-state index in [2.05, 4.69) is 16.0 Å². The number of hydrogen-bond donors (Lipinski definition) is 2. The third-order valence-electron chi connectivity index (χ3n) is 4.33. The molecule has 0 radical (unpaired) electrons. The molecule has 1 heterocycles. The van der Waals surface area contributed by atoms with E-state index in [0.717, 1.165) is 16.9 Å². The molecule has 0 unspecified atom stereocenters. The number of furan rings is 1. The summed E-state index contributed by atoms with van der Waals surface area (Å²) in [7, 11) is -3.69. The Hall–Kier alpha value is -3.38. The summed E-state index contributed by atoms with van der Waals surface area (Å²) in [6.45, 7) is 1.04. The van der Waals surface area contributed by atoms with Gasteiger partial charge in [0.25, 0.3) is 5.91 Å². The average Bonchev–Trinajstić information content (AvgIpc) is 3.30. The Labute approximate surface area is 181 Å². The fourth-order valence-electron chi connectivity index (χ4n) is 2.78. The van der Waals surface area contributed by atoms with Gasteiger partial charge in [-0.1, -0.05) is 30.2 Å². The van der Waals surface area contributed by atoms with Crippen LogP contribution in [0.15, 0.2) is 76.2 Å². The van der Waals surface area contributed by atoms with E-state index in [4.69, 9.17) is 15.6 Å². The van der Waals surface area contributed by atoms with Crippen LogP contribution in [0.2, 0.25) is 0 Å². The molecule has 0 aliphatic rings. The van der Waals surface area contributed by atoms with Gasteiger partial charge in [-0.25, -0.2) is 8.42 Å². The minimum atomic E-state index is -3.69. The first kappa shape index (κ1) is 22.3. The zero-order valence-electron chi connectivity index (χ0n) is 16.7. The standard InChI is InChI=1S/C23H22N2O5S/c1-2-12-25-31(27,28)22-10-8-20(9-11-22)23(26)24-15-18-5-3-6-19(14-18)16-29-17-21-7-4-13-30-21/h1,3-11,13-14,25H,12,15-17H2,(H,24,26). The molecule has 8 heteroatoms. The number of rotatable bonds is 10. The van der Waals surface area contributed by atoms with E-state index in [1.54, 1.807) is 6.26 Å². The van der Waals surface area contributed by atoms with E-state index < -0.39 is 10.0 Å². The van der Waals surface area contributed by atoms with E-state index in [-0.39, 0.29) is 17.3 Å². The molecule has 0 aliphatic heterocycles. The zero-order valence-corrected chi connectivity index (χ0v) is 17.5. The van der Waals surface area contributed by atoms with Gasteiger partial charge in [0.05, 0.1) is 24.3 Å². The molecule has 1 aromatic heterocycles. The van der Waals surface area contributed by atoms with Gasteiger partial charge < -0.3 is 14.5 Å². The maximum absolute atomic E-state index is 12.4. The molecule has 31 heavy (non-hydrogen) atoms. The quantitative estimate of drug-likeness (QED) is 0.475. The molecule has 0 aliphatic carbocycles. The zero-order chi connectivity index (χ0) is 22.1. The Bertz CT molecular complexity index is 1150. The summed E-state index contributed by atoms with van der Waals surface area (Å²) in [5.74, 6) is 2.66. The topological polar surface area (TPSA) is 97.6 Å². The number of hydrogen-bond acceptors (Lipinski definition) is 5. The lowest BCUT2D eigenvalue weighted by Gasteiger charge is -2.09. The molecule has 0 atom stereocenters. The first-order chi connectivity index (χ1) is 15.0. The summed E-state index contributed by atoms with van der Waals surface area (Å²) in [6.07, 6.45) is 6.67. The minimum Gasteiger partial charge on any atom is -0.467 e. The van der Waals surface area contributed by atoms with E-state index in [0.29, 0.717) is 25.3 Å². The predicted molar refractivity (Wildman–Crippen MR) is 115 cm³/mol. The van der Waals surface area contributed by atoms with Crippen LogP contribution >= 0.6 is 0 Å². The fraction of sp³-hybridized carbons (Fsp3) is 0.174. The Morgan fingerprint density at radius 3 is 2.52 bits per heavy atom. The fourth-order valence-corrected chi connectivity index (χ4v) is 3.72. The second-order valence-electron chi connectivity index (χ2n) is 6.63. The molecule has 0 saturated carbocycles. The maximum atomic E-state index is 12.4. The van der Waals surface area contributed by atoms with Gasteiger partial charge in [-0.2, -0.15) is 4.72 Å². The molecule has 0 spiro atoms. The normalized spacial score (nSPS) is 11.1. The van der Waals surface area contributed by atoms with E-state index in [1.807, 2.05) is 36.4 Å². The van der Waals surface area contributed by atoms with Crippen molar-refractivity contribution in [2.75, 3.05) is 6.54 Å². The van der Waals surface area contributed by atoms with Gasteiger partial charge in [0.2, 0.25) is 10.0 Å². The number of benzene rings is 2. The molecule has 2 aromatic carbocycles. The van der Waals surface area contributed by atoms with Crippen LogP contribution in [0.4, 0.5) is 0 Å². The van der Waals surface area contributed by atoms with Crippen molar-refractivity contribution in [3.63, 3.8) is 0 Å². The second kappa shape index (κ2) is 10.6. The predicted octanol–water partition coefficient (Wildman–Crippen LogP) is 2.84. The van der Waals surface area contributed by atoms with Crippen LogP contribution in [0.5, 0.6) is 0 Å². The van der Waals surface area contributed by atoms with Crippen molar-refractivity contribution in [3.8, 4) is 12.3 Å². The number of sulfonamides is 1. The van der Waals surface area contributed by atoms with Crippen molar-refractivity contribution >= 4 is 15.9 Å². The van der Waals surface area contributed by atoms with Crippen molar-refractivity contribution in [1.29, 1.82) is 0 Å². The molecule has 0 bridgehead atoms. The Balaban J connectivity index is 1.52. The largest absolute Gasteiger partial charge is 0.467 e. The summed E-state index contributed by atoms with van der Waals surface area (Å²) < 4.78 is 37.2. The van der Waals surface area contributed by atoms with Crippen LogP contribution in [-0.4, -0.2) is 20.9 Å². The van der Waals surface area contributed by atoms with E-state index in [1.165, 1.54) is 24.3 Å². The highest BCUT2D eigenvalue weighted by molar-refractivity contribution is 7.89. The Morgan fingerprint density at radius 1 is 1.03 bits per heavy atom. The summed E-state index contributed by atoms with van der Waals surface area (Å²) >= 11 is 0. The minimum absolute atomic E-state index is 0.0431. The number of amides is 1. The molecule has 3 aromatic rings. The van der Waals surface area contributed by atoms with Gasteiger partial charge in [0, 0.05) is 12.1 Å². The summed E-state index contributed by atoms with van der Waals surface area (Å²) in [6, 6.07) is 17.0. The molecule has 160 valence electrons. The molecular weight excluding hydrogens is 416 g/mol. The van der Waals surface area contributed by atoms with Gasteiger partial charge >= 0.3 is 0 Å². The van der Waals surface area contributed by atoms with Crippen LogP contribution in [0.1, 0.15) is 27.2 Å². The van der Waals surface area contributed by atoms with Crippen molar-refractivity contribution in [1.82, 2.24) is 10.0 Å². The van der Waals surface area contributed by atoms with Gasteiger partial charge in [0.15, 0.2) is 0 Å². The Kier molecular flexibility index (Phi) is 7.62. The smallest absolute Gasteiger partial charge is 0.251 e. The van der Waals surface area contributed by atoms with Crippen LogP contribution < -0.4 is 10.0 Å². The monoisotopic (exact) mass is 438 g/mol. The van der Waals surface area contributed by atoms with Gasteiger partial charge in [0.1, 0.15) is 12.4 Å². The molecule has 1 amide bonds. The van der Waals surface area contributed by atoms with E-state index in [9.17, 15) is 13.2 Å². The van der Waals surface area contributed by atoms with Gasteiger partial charge in [-0.15, -0.1) is 6.42 Å². The lowest BCUT2D eigenvalue weighted by atomic mass is 10.1. The van der Waals surface area contributed by atoms with Crippen LogP contribution in [0.3, 0.4) is 0 Å². The van der Waals surface area contributed by atoms with Crippen LogP contribution in [0.25, 0.3) is 0 Å².